The average Bonchev–Trinajstić information content (AvgIpc) is 2.74. The van der Waals surface area contributed by atoms with E-state index >= 15 is 0 Å². The molecule has 2 nitrogen and oxygen atoms in total. The first-order valence-corrected chi connectivity index (χ1v) is 10.6. The maximum atomic E-state index is 13.3. The van der Waals surface area contributed by atoms with Gasteiger partial charge in [0, 0.05) is 17.6 Å². The van der Waals surface area contributed by atoms with Crippen molar-refractivity contribution in [2.75, 3.05) is 4.90 Å². The SMILES string of the molecule is CC1(C)CCc2ccc(-c3ccccc3)cc2N1C(=O)CCCc1ccccc1. The van der Waals surface area contributed by atoms with Crippen LogP contribution in [0.3, 0.4) is 0 Å². The molecule has 1 aliphatic rings. The average molecular weight is 384 g/mol. The van der Waals surface area contributed by atoms with E-state index in [1.807, 2.05) is 12.1 Å². The number of amides is 1. The van der Waals surface area contributed by atoms with Crippen molar-refractivity contribution in [3.8, 4) is 11.1 Å². The predicted octanol–water partition coefficient (Wildman–Crippen LogP) is 6.43. The summed E-state index contributed by atoms with van der Waals surface area (Å²) in [5, 5.41) is 0. The van der Waals surface area contributed by atoms with Crippen molar-refractivity contribution >= 4 is 11.6 Å². The second-order valence-electron chi connectivity index (χ2n) is 8.59. The van der Waals surface area contributed by atoms with Crippen LogP contribution in [0, 0.1) is 0 Å². The van der Waals surface area contributed by atoms with Crippen LogP contribution in [0.25, 0.3) is 11.1 Å². The van der Waals surface area contributed by atoms with Gasteiger partial charge >= 0.3 is 0 Å². The Morgan fingerprint density at radius 3 is 2.31 bits per heavy atom. The standard InChI is InChI=1S/C27H29NO/c1-27(2)19-18-23-16-17-24(22-13-7-4-8-14-22)20-25(23)28(27)26(29)15-9-12-21-10-5-3-6-11-21/h3-8,10-11,13-14,16-17,20H,9,12,15,18-19H2,1-2H3. The zero-order valence-corrected chi connectivity index (χ0v) is 17.4. The summed E-state index contributed by atoms with van der Waals surface area (Å²) in [4.78, 5) is 15.4. The highest BCUT2D eigenvalue weighted by molar-refractivity contribution is 5.96. The van der Waals surface area contributed by atoms with Gasteiger partial charge in [0.15, 0.2) is 0 Å². The fourth-order valence-corrected chi connectivity index (χ4v) is 4.34. The van der Waals surface area contributed by atoms with E-state index < -0.39 is 0 Å². The molecule has 1 heterocycles. The lowest BCUT2D eigenvalue weighted by atomic mass is 9.85. The lowest BCUT2D eigenvalue weighted by Crippen LogP contribution is -2.51. The molecule has 0 radical (unpaired) electrons. The maximum Gasteiger partial charge on any atom is 0.227 e. The molecule has 3 aromatic rings. The van der Waals surface area contributed by atoms with Crippen molar-refractivity contribution < 1.29 is 4.79 Å². The Bertz CT molecular complexity index is 976. The molecule has 0 saturated carbocycles. The van der Waals surface area contributed by atoms with Gasteiger partial charge in [0.05, 0.1) is 0 Å². The van der Waals surface area contributed by atoms with E-state index in [1.54, 1.807) is 0 Å². The molecule has 0 unspecified atom stereocenters. The smallest absolute Gasteiger partial charge is 0.227 e. The number of anilines is 1. The molecule has 4 rings (SSSR count). The first-order valence-electron chi connectivity index (χ1n) is 10.6. The van der Waals surface area contributed by atoms with Crippen LogP contribution < -0.4 is 4.90 Å². The normalized spacial score (nSPS) is 15.0. The third kappa shape index (κ3) is 4.27. The van der Waals surface area contributed by atoms with E-state index in [1.165, 1.54) is 22.3 Å². The summed E-state index contributed by atoms with van der Waals surface area (Å²) in [5.74, 6) is 0.233. The second-order valence-corrected chi connectivity index (χ2v) is 8.59. The molecule has 0 aliphatic carbocycles. The Morgan fingerprint density at radius 2 is 1.59 bits per heavy atom. The van der Waals surface area contributed by atoms with Gasteiger partial charge in [0.1, 0.15) is 0 Å². The molecule has 0 N–H and O–H groups in total. The molecule has 0 aromatic heterocycles. The van der Waals surface area contributed by atoms with Crippen LogP contribution in [0.1, 0.15) is 44.2 Å². The Hall–Kier alpha value is -2.87. The van der Waals surface area contributed by atoms with E-state index in [4.69, 9.17) is 0 Å². The third-order valence-electron chi connectivity index (χ3n) is 5.99. The number of hydrogen-bond acceptors (Lipinski definition) is 1. The predicted molar refractivity (Wildman–Crippen MR) is 121 cm³/mol. The van der Waals surface area contributed by atoms with Gasteiger partial charge in [-0.05, 0) is 67.9 Å². The second kappa shape index (κ2) is 8.24. The van der Waals surface area contributed by atoms with Crippen molar-refractivity contribution in [2.45, 2.75) is 51.5 Å². The molecule has 29 heavy (non-hydrogen) atoms. The van der Waals surface area contributed by atoms with Crippen LogP contribution in [0.2, 0.25) is 0 Å². The molecule has 0 fully saturated rings. The lowest BCUT2D eigenvalue weighted by molar-refractivity contribution is -0.119. The Morgan fingerprint density at radius 1 is 0.897 bits per heavy atom. The summed E-state index contributed by atoms with van der Waals surface area (Å²) in [6, 6.07) is 27.4. The number of carbonyl (C=O) groups is 1. The number of aryl methyl sites for hydroxylation is 2. The number of benzene rings is 3. The summed E-state index contributed by atoms with van der Waals surface area (Å²) in [6.45, 7) is 4.39. The summed E-state index contributed by atoms with van der Waals surface area (Å²) in [7, 11) is 0. The highest BCUT2D eigenvalue weighted by Crippen LogP contribution is 2.39. The summed E-state index contributed by atoms with van der Waals surface area (Å²) in [5.41, 5.74) is 5.86. The minimum absolute atomic E-state index is 0.161. The van der Waals surface area contributed by atoms with Gasteiger partial charge in [0.2, 0.25) is 5.91 Å². The topological polar surface area (TPSA) is 20.3 Å². The molecule has 2 heteroatoms. The summed E-state index contributed by atoms with van der Waals surface area (Å²) in [6.07, 6.45) is 4.41. The highest BCUT2D eigenvalue weighted by atomic mass is 16.2. The minimum atomic E-state index is -0.161. The van der Waals surface area contributed by atoms with Crippen molar-refractivity contribution in [1.82, 2.24) is 0 Å². The minimum Gasteiger partial charge on any atom is -0.307 e. The molecule has 3 aromatic carbocycles. The number of hydrogen-bond donors (Lipinski definition) is 0. The van der Waals surface area contributed by atoms with Gasteiger partial charge in [-0.3, -0.25) is 4.79 Å². The van der Waals surface area contributed by atoms with Crippen molar-refractivity contribution in [3.63, 3.8) is 0 Å². The van der Waals surface area contributed by atoms with Crippen LogP contribution in [-0.4, -0.2) is 11.4 Å². The van der Waals surface area contributed by atoms with Crippen LogP contribution in [0.15, 0.2) is 78.9 Å². The first-order chi connectivity index (χ1) is 14.0. The van der Waals surface area contributed by atoms with Crippen molar-refractivity contribution in [1.29, 1.82) is 0 Å². The Kier molecular flexibility index (Phi) is 5.53. The molecule has 1 amide bonds. The third-order valence-corrected chi connectivity index (χ3v) is 5.99. The molecular weight excluding hydrogens is 354 g/mol. The largest absolute Gasteiger partial charge is 0.307 e. The zero-order valence-electron chi connectivity index (χ0n) is 17.4. The van der Waals surface area contributed by atoms with Crippen LogP contribution in [-0.2, 0) is 17.6 Å². The molecule has 0 atom stereocenters. The number of carbonyl (C=O) groups excluding carboxylic acids is 1. The van der Waals surface area contributed by atoms with Gasteiger partial charge in [0.25, 0.3) is 0 Å². The van der Waals surface area contributed by atoms with Crippen LogP contribution in [0.5, 0.6) is 0 Å². The molecule has 1 aliphatic heterocycles. The lowest BCUT2D eigenvalue weighted by Gasteiger charge is -2.44. The molecule has 148 valence electrons. The van der Waals surface area contributed by atoms with E-state index in [2.05, 4.69) is 85.5 Å². The van der Waals surface area contributed by atoms with Crippen molar-refractivity contribution in [2.24, 2.45) is 0 Å². The van der Waals surface area contributed by atoms with E-state index in [9.17, 15) is 4.79 Å². The number of nitrogens with zero attached hydrogens (tertiary/aromatic N) is 1. The van der Waals surface area contributed by atoms with Gasteiger partial charge in [-0.15, -0.1) is 0 Å². The molecule has 0 saturated heterocycles. The van der Waals surface area contributed by atoms with E-state index in [-0.39, 0.29) is 11.4 Å². The van der Waals surface area contributed by atoms with E-state index in [0.717, 1.165) is 31.4 Å². The van der Waals surface area contributed by atoms with Gasteiger partial charge < -0.3 is 4.90 Å². The van der Waals surface area contributed by atoms with Crippen LogP contribution >= 0.6 is 0 Å². The number of fused-ring (bicyclic) bond motifs is 1. The first kappa shape index (κ1) is 19.4. The fourth-order valence-electron chi connectivity index (χ4n) is 4.34. The summed E-state index contributed by atoms with van der Waals surface area (Å²) >= 11 is 0. The highest BCUT2D eigenvalue weighted by Gasteiger charge is 2.36. The van der Waals surface area contributed by atoms with E-state index in [0.29, 0.717) is 6.42 Å². The molecule has 0 bridgehead atoms. The van der Waals surface area contributed by atoms with Gasteiger partial charge in [-0.25, -0.2) is 0 Å². The van der Waals surface area contributed by atoms with Gasteiger partial charge in [-0.2, -0.15) is 0 Å². The Balaban J connectivity index is 1.58. The maximum absolute atomic E-state index is 13.3. The fraction of sp³-hybridized carbons (Fsp3) is 0.296. The van der Waals surface area contributed by atoms with Crippen molar-refractivity contribution in [3.05, 3.63) is 90.0 Å². The zero-order chi connectivity index (χ0) is 20.3. The quantitative estimate of drug-likeness (QED) is 0.497. The monoisotopic (exact) mass is 383 g/mol. The number of rotatable bonds is 5. The molecule has 0 spiro atoms. The van der Waals surface area contributed by atoms with Crippen LogP contribution in [0.4, 0.5) is 5.69 Å². The van der Waals surface area contributed by atoms with Gasteiger partial charge in [-0.1, -0.05) is 72.8 Å². The molecular formula is C27H29NO. The Labute approximate surface area is 174 Å². The summed E-state index contributed by atoms with van der Waals surface area (Å²) < 4.78 is 0.